The predicted octanol–water partition coefficient (Wildman–Crippen LogP) is 2.93. The molecular weight excluding hydrogens is 252 g/mol. The lowest BCUT2D eigenvalue weighted by atomic mass is 10.1. The fraction of sp³-hybridized carbons (Fsp3) is 0.125. The van der Waals surface area contributed by atoms with Gasteiger partial charge in [0, 0.05) is 12.6 Å². The number of aromatic carboxylic acids is 1. The predicted molar refractivity (Wildman–Crippen MR) is 76.1 cm³/mol. The van der Waals surface area contributed by atoms with Crippen LogP contribution in [0.15, 0.2) is 48.7 Å². The van der Waals surface area contributed by atoms with Gasteiger partial charge in [0.05, 0.1) is 5.69 Å². The molecule has 3 rings (SSSR count). The second kappa shape index (κ2) is 4.81. The maximum atomic E-state index is 11.5. The average Bonchev–Trinajstić information content (AvgIpc) is 2.79. The second-order valence-corrected chi connectivity index (χ2v) is 4.76. The standard InChI is InChI=1S/C16H14N2O2/c1-11-6-5-9-18-14(16(19)20)13(17-15(11)18)10-12-7-3-2-4-8-12/h2-9H,10H2,1H3,(H,19,20). The van der Waals surface area contributed by atoms with Gasteiger partial charge in [-0.05, 0) is 24.1 Å². The Balaban J connectivity index is 2.17. The minimum Gasteiger partial charge on any atom is -0.477 e. The van der Waals surface area contributed by atoms with E-state index in [2.05, 4.69) is 4.98 Å². The van der Waals surface area contributed by atoms with Crippen molar-refractivity contribution in [3.05, 3.63) is 71.2 Å². The van der Waals surface area contributed by atoms with E-state index in [9.17, 15) is 9.90 Å². The van der Waals surface area contributed by atoms with Crippen LogP contribution in [0.2, 0.25) is 0 Å². The molecule has 0 bridgehead atoms. The molecule has 0 amide bonds. The van der Waals surface area contributed by atoms with E-state index in [4.69, 9.17) is 0 Å². The molecule has 0 spiro atoms. The van der Waals surface area contributed by atoms with Crippen molar-refractivity contribution in [1.29, 1.82) is 0 Å². The quantitative estimate of drug-likeness (QED) is 0.793. The SMILES string of the molecule is Cc1cccn2c(C(=O)O)c(Cc3ccccc3)nc12. The van der Waals surface area contributed by atoms with Gasteiger partial charge in [0.2, 0.25) is 0 Å². The van der Waals surface area contributed by atoms with Crippen LogP contribution in [0.25, 0.3) is 5.65 Å². The number of nitrogens with zero attached hydrogens (tertiary/aromatic N) is 2. The number of benzene rings is 1. The van der Waals surface area contributed by atoms with E-state index in [1.165, 1.54) is 0 Å². The lowest BCUT2D eigenvalue weighted by molar-refractivity contribution is 0.0688. The van der Waals surface area contributed by atoms with Crippen LogP contribution in [-0.4, -0.2) is 20.5 Å². The maximum absolute atomic E-state index is 11.5. The molecule has 0 aliphatic rings. The summed E-state index contributed by atoms with van der Waals surface area (Å²) >= 11 is 0. The van der Waals surface area contributed by atoms with Gasteiger partial charge in [0.25, 0.3) is 0 Å². The zero-order valence-electron chi connectivity index (χ0n) is 11.1. The number of aryl methyl sites for hydroxylation is 1. The van der Waals surface area contributed by atoms with Crippen LogP contribution >= 0.6 is 0 Å². The molecule has 4 heteroatoms. The number of carboxylic acid groups (broad SMARTS) is 1. The number of hydrogen-bond acceptors (Lipinski definition) is 2. The Morgan fingerprint density at radius 2 is 1.95 bits per heavy atom. The molecule has 0 aliphatic carbocycles. The van der Waals surface area contributed by atoms with Crippen molar-refractivity contribution in [2.24, 2.45) is 0 Å². The topological polar surface area (TPSA) is 54.6 Å². The average molecular weight is 266 g/mol. The largest absolute Gasteiger partial charge is 0.477 e. The van der Waals surface area contributed by atoms with Crippen LogP contribution < -0.4 is 0 Å². The molecule has 4 nitrogen and oxygen atoms in total. The molecular formula is C16H14N2O2. The molecule has 20 heavy (non-hydrogen) atoms. The number of carbonyl (C=O) groups is 1. The van der Waals surface area contributed by atoms with Crippen LogP contribution in [0, 0.1) is 6.92 Å². The molecule has 0 atom stereocenters. The van der Waals surface area contributed by atoms with Crippen molar-refractivity contribution < 1.29 is 9.90 Å². The van der Waals surface area contributed by atoms with Crippen LogP contribution in [0.5, 0.6) is 0 Å². The van der Waals surface area contributed by atoms with Gasteiger partial charge in [-0.15, -0.1) is 0 Å². The van der Waals surface area contributed by atoms with E-state index in [1.807, 2.05) is 49.4 Å². The summed E-state index contributed by atoms with van der Waals surface area (Å²) in [7, 11) is 0. The zero-order valence-corrected chi connectivity index (χ0v) is 11.1. The highest BCUT2D eigenvalue weighted by molar-refractivity contribution is 5.88. The van der Waals surface area contributed by atoms with Crippen molar-refractivity contribution in [2.75, 3.05) is 0 Å². The number of rotatable bonds is 3. The normalized spacial score (nSPS) is 10.8. The molecule has 2 aromatic heterocycles. The highest BCUT2D eigenvalue weighted by atomic mass is 16.4. The highest BCUT2D eigenvalue weighted by Crippen LogP contribution is 2.19. The van der Waals surface area contributed by atoms with E-state index in [1.54, 1.807) is 10.6 Å². The summed E-state index contributed by atoms with van der Waals surface area (Å²) in [6, 6.07) is 13.5. The van der Waals surface area contributed by atoms with Crippen LogP contribution in [-0.2, 0) is 6.42 Å². The van der Waals surface area contributed by atoms with Crippen LogP contribution in [0.4, 0.5) is 0 Å². The van der Waals surface area contributed by atoms with E-state index >= 15 is 0 Å². The smallest absolute Gasteiger partial charge is 0.354 e. The molecule has 0 fully saturated rings. The summed E-state index contributed by atoms with van der Waals surface area (Å²) < 4.78 is 1.65. The Labute approximate surface area is 116 Å². The van der Waals surface area contributed by atoms with Crippen LogP contribution in [0.3, 0.4) is 0 Å². The number of fused-ring (bicyclic) bond motifs is 1. The monoisotopic (exact) mass is 266 g/mol. The zero-order chi connectivity index (χ0) is 14.1. The third-order valence-corrected chi connectivity index (χ3v) is 3.33. The number of pyridine rings is 1. The van der Waals surface area contributed by atoms with Gasteiger partial charge in [-0.25, -0.2) is 9.78 Å². The third-order valence-electron chi connectivity index (χ3n) is 3.33. The Hall–Kier alpha value is -2.62. The highest BCUT2D eigenvalue weighted by Gasteiger charge is 2.19. The molecule has 0 saturated heterocycles. The number of hydrogen-bond donors (Lipinski definition) is 1. The minimum absolute atomic E-state index is 0.243. The fourth-order valence-corrected chi connectivity index (χ4v) is 2.39. The van der Waals surface area contributed by atoms with E-state index in [-0.39, 0.29) is 5.69 Å². The molecule has 0 saturated carbocycles. The van der Waals surface area contributed by atoms with Crippen LogP contribution in [0.1, 0.15) is 27.3 Å². The molecule has 2 heterocycles. The van der Waals surface area contributed by atoms with E-state index in [0.29, 0.717) is 17.8 Å². The maximum Gasteiger partial charge on any atom is 0.354 e. The van der Waals surface area contributed by atoms with Crippen molar-refractivity contribution in [3.63, 3.8) is 0 Å². The van der Waals surface area contributed by atoms with Crippen molar-refractivity contribution >= 4 is 11.6 Å². The first-order valence-electron chi connectivity index (χ1n) is 6.40. The van der Waals surface area contributed by atoms with Crippen molar-refractivity contribution in [3.8, 4) is 0 Å². The molecule has 0 unspecified atom stereocenters. The summed E-state index contributed by atoms with van der Waals surface area (Å²) in [5, 5.41) is 9.46. The Bertz CT molecular complexity index is 776. The number of aromatic nitrogens is 2. The summed E-state index contributed by atoms with van der Waals surface area (Å²) in [6.07, 6.45) is 2.26. The first-order chi connectivity index (χ1) is 9.66. The van der Waals surface area contributed by atoms with Crippen molar-refractivity contribution in [1.82, 2.24) is 9.38 Å². The second-order valence-electron chi connectivity index (χ2n) is 4.76. The Morgan fingerprint density at radius 1 is 1.20 bits per heavy atom. The Morgan fingerprint density at radius 3 is 2.65 bits per heavy atom. The molecule has 100 valence electrons. The molecule has 3 aromatic rings. The summed E-state index contributed by atoms with van der Waals surface area (Å²) in [4.78, 5) is 16.0. The number of imidazole rings is 1. The lowest BCUT2D eigenvalue weighted by Crippen LogP contribution is -2.06. The first-order valence-corrected chi connectivity index (χ1v) is 6.40. The molecule has 1 N–H and O–H groups in total. The molecule has 0 aliphatic heterocycles. The minimum atomic E-state index is -0.950. The Kier molecular flexibility index (Phi) is 2.99. The van der Waals surface area contributed by atoms with Gasteiger partial charge in [0.1, 0.15) is 5.65 Å². The first kappa shape index (κ1) is 12.4. The summed E-state index contributed by atoms with van der Waals surface area (Å²) in [6.45, 7) is 1.93. The van der Waals surface area contributed by atoms with E-state index < -0.39 is 5.97 Å². The summed E-state index contributed by atoms with van der Waals surface area (Å²) in [5.74, 6) is -0.950. The summed E-state index contributed by atoms with van der Waals surface area (Å²) in [5.41, 5.74) is 3.56. The number of carboxylic acids is 1. The lowest BCUT2D eigenvalue weighted by Gasteiger charge is -2.01. The molecule has 1 aromatic carbocycles. The van der Waals surface area contributed by atoms with Gasteiger partial charge < -0.3 is 5.11 Å². The van der Waals surface area contributed by atoms with Gasteiger partial charge in [-0.3, -0.25) is 4.40 Å². The molecule has 0 radical (unpaired) electrons. The van der Waals surface area contributed by atoms with Gasteiger partial charge in [-0.2, -0.15) is 0 Å². The van der Waals surface area contributed by atoms with E-state index in [0.717, 1.165) is 11.1 Å². The van der Waals surface area contributed by atoms with Gasteiger partial charge in [0.15, 0.2) is 5.69 Å². The third kappa shape index (κ3) is 2.05. The van der Waals surface area contributed by atoms with Gasteiger partial charge in [-0.1, -0.05) is 36.4 Å². The fourth-order valence-electron chi connectivity index (χ4n) is 2.39. The van der Waals surface area contributed by atoms with Crippen molar-refractivity contribution in [2.45, 2.75) is 13.3 Å². The van der Waals surface area contributed by atoms with Gasteiger partial charge >= 0.3 is 5.97 Å².